The Morgan fingerprint density at radius 2 is 2.07 bits per heavy atom. The number of benzene rings is 1. The van der Waals surface area contributed by atoms with Crippen LogP contribution in [0, 0.1) is 5.82 Å². The molecule has 1 unspecified atom stereocenters. The van der Waals surface area contributed by atoms with E-state index in [1.165, 1.54) is 6.07 Å². The van der Waals surface area contributed by atoms with Crippen LogP contribution in [0.1, 0.15) is 30.9 Å². The SMILES string of the molecule is FCN1CCCCC1c1ccccc1F. The van der Waals surface area contributed by atoms with Crippen molar-refractivity contribution >= 4 is 0 Å². The van der Waals surface area contributed by atoms with Gasteiger partial charge in [-0.05, 0) is 18.9 Å². The van der Waals surface area contributed by atoms with E-state index in [9.17, 15) is 8.78 Å². The molecular formula is C12H15F2N. The first-order valence-electron chi connectivity index (χ1n) is 5.37. The van der Waals surface area contributed by atoms with Gasteiger partial charge in [0, 0.05) is 18.2 Å². The van der Waals surface area contributed by atoms with Gasteiger partial charge >= 0.3 is 0 Å². The van der Waals surface area contributed by atoms with E-state index >= 15 is 0 Å². The Labute approximate surface area is 88.7 Å². The Bertz CT molecular complexity index is 327. The summed E-state index contributed by atoms with van der Waals surface area (Å²) in [5.74, 6) is -0.220. The van der Waals surface area contributed by atoms with Gasteiger partial charge in [0.15, 0.2) is 0 Å². The van der Waals surface area contributed by atoms with Crippen molar-refractivity contribution in [2.24, 2.45) is 0 Å². The number of nitrogens with zero attached hydrogens (tertiary/aromatic N) is 1. The normalized spacial score (nSPS) is 22.9. The molecule has 3 heteroatoms. The van der Waals surface area contributed by atoms with Crippen molar-refractivity contribution in [2.75, 3.05) is 13.3 Å². The molecule has 0 saturated carbocycles. The largest absolute Gasteiger partial charge is 0.269 e. The number of hydrogen-bond donors (Lipinski definition) is 0. The summed E-state index contributed by atoms with van der Waals surface area (Å²) in [6.07, 6.45) is 2.91. The average molecular weight is 211 g/mol. The lowest BCUT2D eigenvalue weighted by atomic mass is 9.95. The monoisotopic (exact) mass is 211 g/mol. The van der Waals surface area contributed by atoms with E-state index in [4.69, 9.17) is 0 Å². The Hall–Kier alpha value is -0.960. The molecule has 2 rings (SSSR count). The maximum atomic E-state index is 13.5. The van der Waals surface area contributed by atoms with E-state index < -0.39 is 6.80 Å². The van der Waals surface area contributed by atoms with Crippen molar-refractivity contribution in [2.45, 2.75) is 25.3 Å². The summed E-state index contributed by atoms with van der Waals surface area (Å²) in [5.41, 5.74) is 0.634. The molecule has 0 amide bonds. The maximum absolute atomic E-state index is 13.5. The number of hydrogen-bond acceptors (Lipinski definition) is 1. The molecule has 1 aromatic carbocycles. The zero-order valence-electron chi connectivity index (χ0n) is 8.63. The highest BCUT2D eigenvalue weighted by molar-refractivity contribution is 5.21. The third-order valence-corrected chi connectivity index (χ3v) is 3.03. The number of alkyl halides is 1. The van der Waals surface area contributed by atoms with Crippen LogP contribution in [0.2, 0.25) is 0 Å². The van der Waals surface area contributed by atoms with Crippen LogP contribution in [0.15, 0.2) is 24.3 Å². The third-order valence-electron chi connectivity index (χ3n) is 3.03. The zero-order valence-corrected chi connectivity index (χ0v) is 8.63. The highest BCUT2D eigenvalue weighted by Crippen LogP contribution is 2.31. The predicted molar refractivity (Wildman–Crippen MR) is 55.7 cm³/mol. The van der Waals surface area contributed by atoms with Gasteiger partial charge in [-0.1, -0.05) is 24.6 Å². The molecule has 0 aliphatic carbocycles. The van der Waals surface area contributed by atoms with Crippen molar-refractivity contribution in [3.05, 3.63) is 35.6 Å². The molecule has 1 heterocycles. The smallest absolute Gasteiger partial charge is 0.143 e. The molecule has 82 valence electrons. The highest BCUT2D eigenvalue weighted by atomic mass is 19.1. The Morgan fingerprint density at radius 3 is 2.80 bits per heavy atom. The van der Waals surface area contributed by atoms with Crippen molar-refractivity contribution in [3.63, 3.8) is 0 Å². The van der Waals surface area contributed by atoms with Gasteiger partial charge in [-0.2, -0.15) is 0 Å². The lowest BCUT2D eigenvalue weighted by Crippen LogP contribution is -2.33. The highest BCUT2D eigenvalue weighted by Gasteiger charge is 2.25. The first kappa shape index (κ1) is 10.6. The molecule has 1 aliphatic heterocycles. The molecule has 1 saturated heterocycles. The van der Waals surface area contributed by atoms with Gasteiger partial charge in [-0.15, -0.1) is 0 Å². The number of rotatable bonds is 2. The van der Waals surface area contributed by atoms with Crippen LogP contribution < -0.4 is 0 Å². The van der Waals surface area contributed by atoms with Crippen molar-refractivity contribution in [3.8, 4) is 0 Å². The minimum atomic E-state index is -0.487. The van der Waals surface area contributed by atoms with Crippen LogP contribution in [0.3, 0.4) is 0 Å². The van der Waals surface area contributed by atoms with Gasteiger partial charge in [0.2, 0.25) is 0 Å². The van der Waals surface area contributed by atoms with Crippen LogP contribution in [0.25, 0.3) is 0 Å². The van der Waals surface area contributed by atoms with Gasteiger partial charge in [-0.25, -0.2) is 8.78 Å². The molecule has 0 bridgehead atoms. The third kappa shape index (κ3) is 2.17. The fraction of sp³-hybridized carbons (Fsp3) is 0.500. The fourth-order valence-corrected chi connectivity index (χ4v) is 2.23. The summed E-state index contributed by atoms with van der Waals surface area (Å²) >= 11 is 0. The predicted octanol–water partition coefficient (Wildman–Crippen LogP) is 3.28. The fourth-order valence-electron chi connectivity index (χ4n) is 2.23. The van der Waals surface area contributed by atoms with Crippen LogP contribution >= 0.6 is 0 Å². The van der Waals surface area contributed by atoms with Gasteiger partial charge in [0.05, 0.1) is 0 Å². The second-order valence-electron chi connectivity index (χ2n) is 3.96. The summed E-state index contributed by atoms with van der Waals surface area (Å²) in [7, 11) is 0. The summed E-state index contributed by atoms with van der Waals surface area (Å²) in [6.45, 7) is 0.245. The van der Waals surface area contributed by atoms with E-state index in [1.54, 1.807) is 17.0 Å². The second kappa shape index (κ2) is 4.71. The summed E-state index contributed by atoms with van der Waals surface area (Å²) in [6, 6.07) is 6.60. The van der Waals surface area contributed by atoms with Gasteiger partial charge in [0.1, 0.15) is 12.6 Å². The molecule has 0 radical (unpaired) electrons. The van der Waals surface area contributed by atoms with Gasteiger partial charge < -0.3 is 0 Å². The first-order chi connectivity index (χ1) is 7.33. The number of likely N-dealkylation sites (tertiary alicyclic amines) is 1. The Balaban J connectivity index is 2.24. The van der Waals surface area contributed by atoms with Crippen molar-refractivity contribution < 1.29 is 8.78 Å². The molecule has 1 atom stereocenters. The van der Waals surface area contributed by atoms with E-state index in [-0.39, 0.29) is 11.9 Å². The molecule has 1 fully saturated rings. The van der Waals surface area contributed by atoms with Gasteiger partial charge in [0.25, 0.3) is 0 Å². The van der Waals surface area contributed by atoms with Crippen molar-refractivity contribution in [1.82, 2.24) is 4.90 Å². The Kier molecular flexibility index (Phi) is 3.31. The number of piperidine rings is 1. The lowest BCUT2D eigenvalue weighted by molar-refractivity contribution is 0.0921. The molecule has 0 spiro atoms. The quantitative estimate of drug-likeness (QED) is 0.678. The van der Waals surface area contributed by atoms with E-state index in [0.29, 0.717) is 5.56 Å². The van der Waals surface area contributed by atoms with Crippen molar-refractivity contribution in [1.29, 1.82) is 0 Å². The van der Waals surface area contributed by atoms with Crippen LogP contribution in [0.5, 0.6) is 0 Å². The minimum Gasteiger partial charge on any atom is -0.269 e. The molecule has 1 aromatic rings. The average Bonchev–Trinajstić information content (AvgIpc) is 2.30. The molecule has 15 heavy (non-hydrogen) atoms. The van der Waals surface area contributed by atoms with Crippen LogP contribution in [-0.4, -0.2) is 18.2 Å². The molecule has 1 aliphatic rings. The molecule has 0 aromatic heterocycles. The van der Waals surface area contributed by atoms with Crippen LogP contribution in [-0.2, 0) is 0 Å². The standard InChI is InChI=1S/C12H15F2N/c13-9-15-8-4-3-7-12(15)10-5-1-2-6-11(10)14/h1-2,5-6,12H,3-4,7-9H2. The topological polar surface area (TPSA) is 3.24 Å². The summed E-state index contributed by atoms with van der Waals surface area (Å²) < 4.78 is 26.3. The summed E-state index contributed by atoms with van der Waals surface area (Å²) in [5, 5.41) is 0. The van der Waals surface area contributed by atoms with E-state index in [2.05, 4.69) is 0 Å². The Morgan fingerprint density at radius 1 is 1.27 bits per heavy atom. The second-order valence-corrected chi connectivity index (χ2v) is 3.96. The van der Waals surface area contributed by atoms with E-state index in [1.807, 2.05) is 6.07 Å². The first-order valence-corrected chi connectivity index (χ1v) is 5.37. The summed E-state index contributed by atoms with van der Waals surface area (Å²) in [4.78, 5) is 1.71. The maximum Gasteiger partial charge on any atom is 0.143 e. The molecular weight excluding hydrogens is 196 g/mol. The molecule has 1 nitrogen and oxygen atoms in total. The zero-order chi connectivity index (χ0) is 10.7. The van der Waals surface area contributed by atoms with E-state index in [0.717, 1.165) is 25.8 Å². The minimum absolute atomic E-state index is 0.0787. The number of halogens is 2. The lowest BCUT2D eigenvalue weighted by Gasteiger charge is -2.33. The van der Waals surface area contributed by atoms with Crippen LogP contribution in [0.4, 0.5) is 8.78 Å². The van der Waals surface area contributed by atoms with Gasteiger partial charge in [-0.3, -0.25) is 4.90 Å². The molecule has 0 N–H and O–H groups in total.